The Balaban J connectivity index is 2.04. The van der Waals surface area contributed by atoms with Gasteiger partial charge >= 0.3 is 11.7 Å². The molecule has 0 aliphatic heterocycles. The Morgan fingerprint density at radius 3 is 2.52 bits per heavy atom. The van der Waals surface area contributed by atoms with Gasteiger partial charge in [0.05, 0.1) is 22.5 Å². The maximum Gasteiger partial charge on any atom is 0.361 e. The van der Waals surface area contributed by atoms with Gasteiger partial charge in [0.15, 0.2) is 5.69 Å². The lowest BCUT2D eigenvalue weighted by atomic mass is 10.1. The Hall–Kier alpha value is -4.35. The van der Waals surface area contributed by atoms with Gasteiger partial charge in [-0.2, -0.15) is 10.3 Å². The Morgan fingerprint density at radius 1 is 1.07 bits per heavy atom. The third-order valence-electron chi connectivity index (χ3n) is 3.73. The summed E-state index contributed by atoms with van der Waals surface area (Å²) in [5, 5.41) is 32.3. The largest absolute Gasteiger partial charge is 0.461 e. The summed E-state index contributed by atoms with van der Waals surface area (Å²) in [5.41, 5.74) is -0.667. The van der Waals surface area contributed by atoms with Crippen molar-refractivity contribution in [1.82, 2.24) is 15.4 Å². The van der Waals surface area contributed by atoms with E-state index in [2.05, 4.69) is 15.4 Å². The quantitative estimate of drug-likeness (QED) is 0.356. The van der Waals surface area contributed by atoms with E-state index in [9.17, 15) is 25.0 Å². The van der Waals surface area contributed by atoms with Crippen molar-refractivity contribution in [1.29, 1.82) is 0 Å². The fraction of sp³-hybridized carbons (Fsp3) is 0.118. The van der Waals surface area contributed by atoms with Crippen molar-refractivity contribution in [3.8, 4) is 22.8 Å². The molecule has 148 valence electrons. The number of H-pyrrole nitrogens is 1. The molecular formula is C17H13N5O7. The van der Waals surface area contributed by atoms with Crippen LogP contribution < -0.4 is 4.74 Å². The van der Waals surface area contributed by atoms with Crippen LogP contribution in [0.1, 0.15) is 17.4 Å². The molecule has 0 saturated carbocycles. The van der Waals surface area contributed by atoms with Crippen molar-refractivity contribution in [2.75, 3.05) is 6.61 Å². The number of nitrogens with one attached hydrogen (secondary N) is 1. The molecule has 1 aromatic heterocycles. The number of hydrogen-bond donors (Lipinski definition) is 1. The second-order valence-electron chi connectivity index (χ2n) is 5.51. The molecule has 0 unspecified atom stereocenters. The molecule has 2 aromatic carbocycles. The number of nitrogens with zero attached hydrogens (tertiary/aromatic N) is 4. The molecule has 0 radical (unpaired) electrons. The van der Waals surface area contributed by atoms with E-state index in [1.807, 2.05) is 0 Å². The van der Waals surface area contributed by atoms with Gasteiger partial charge < -0.3 is 9.47 Å². The zero-order valence-corrected chi connectivity index (χ0v) is 14.9. The van der Waals surface area contributed by atoms with Crippen molar-refractivity contribution in [2.24, 2.45) is 0 Å². The van der Waals surface area contributed by atoms with Gasteiger partial charge in [-0.05, 0) is 25.1 Å². The number of nitro groups is 2. The number of aromatic amines is 1. The van der Waals surface area contributed by atoms with Crippen LogP contribution in [0.2, 0.25) is 0 Å². The van der Waals surface area contributed by atoms with Crippen LogP contribution >= 0.6 is 0 Å². The second kappa shape index (κ2) is 8.12. The number of nitro benzene ring substituents is 2. The van der Waals surface area contributed by atoms with Gasteiger partial charge in [-0.1, -0.05) is 12.1 Å². The molecule has 3 aromatic rings. The van der Waals surface area contributed by atoms with E-state index in [1.54, 1.807) is 25.1 Å². The summed E-state index contributed by atoms with van der Waals surface area (Å²) >= 11 is 0. The van der Waals surface area contributed by atoms with Crippen LogP contribution in [0.25, 0.3) is 11.3 Å². The van der Waals surface area contributed by atoms with Crippen LogP contribution in [0.3, 0.4) is 0 Å². The molecule has 0 atom stereocenters. The van der Waals surface area contributed by atoms with E-state index >= 15 is 0 Å². The van der Waals surface area contributed by atoms with Gasteiger partial charge in [-0.15, -0.1) is 5.10 Å². The van der Waals surface area contributed by atoms with E-state index in [1.165, 1.54) is 6.07 Å². The Bertz CT molecular complexity index is 1100. The van der Waals surface area contributed by atoms with Crippen LogP contribution in [0.4, 0.5) is 11.4 Å². The minimum absolute atomic E-state index is 0.0823. The first-order valence-corrected chi connectivity index (χ1v) is 8.20. The van der Waals surface area contributed by atoms with Crippen LogP contribution in [0, 0.1) is 20.2 Å². The summed E-state index contributed by atoms with van der Waals surface area (Å²) in [7, 11) is 0. The Morgan fingerprint density at radius 2 is 1.83 bits per heavy atom. The molecule has 0 spiro atoms. The predicted octanol–water partition coefficient (Wildman–Crippen LogP) is 3.26. The zero-order chi connectivity index (χ0) is 21.0. The first-order valence-electron chi connectivity index (χ1n) is 8.20. The summed E-state index contributed by atoms with van der Waals surface area (Å²) in [6.45, 7) is 1.78. The third-order valence-corrected chi connectivity index (χ3v) is 3.73. The molecule has 0 aliphatic rings. The second-order valence-corrected chi connectivity index (χ2v) is 5.51. The molecule has 29 heavy (non-hydrogen) atoms. The summed E-state index contributed by atoms with van der Waals surface area (Å²) < 4.78 is 10.6. The average Bonchev–Trinajstić information content (AvgIpc) is 3.18. The van der Waals surface area contributed by atoms with Gasteiger partial charge in [0, 0.05) is 11.6 Å². The molecule has 0 saturated heterocycles. The lowest BCUT2D eigenvalue weighted by Crippen LogP contribution is -2.07. The van der Waals surface area contributed by atoms with E-state index in [0.29, 0.717) is 5.56 Å². The standard InChI is InChI=1S/C17H13N5O7/c1-2-28-17(23)16-15(18-20-19-16)11-5-3-4-6-13(11)29-14-8-7-10(21(24)25)9-12(14)22(26)27/h3-9H,2H2,1H3,(H,18,19,20). The first kappa shape index (κ1) is 19.4. The maximum atomic E-state index is 12.1. The van der Waals surface area contributed by atoms with Gasteiger partial charge in [0.1, 0.15) is 11.4 Å². The van der Waals surface area contributed by atoms with E-state index < -0.39 is 27.2 Å². The topological polar surface area (TPSA) is 163 Å². The van der Waals surface area contributed by atoms with Crippen LogP contribution in [-0.4, -0.2) is 37.8 Å². The van der Waals surface area contributed by atoms with E-state index in [-0.39, 0.29) is 29.5 Å². The van der Waals surface area contributed by atoms with Gasteiger partial charge in [-0.25, -0.2) is 4.79 Å². The lowest BCUT2D eigenvalue weighted by Gasteiger charge is -2.10. The molecule has 0 fully saturated rings. The van der Waals surface area contributed by atoms with E-state index in [0.717, 1.165) is 18.2 Å². The number of non-ortho nitro benzene ring substituents is 1. The minimum Gasteiger partial charge on any atom is -0.461 e. The Labute approximate surface area is 162 Å². The minimum atomic E-state index is -0.787. The number of benzene rings is 2. The molecule has 0 bridgehead atoms. The molecule has 1 heterocycles. The highest BCUT2D eigenvalue weighted by atomic mass is 16.6. The third kappa shape index (κ3) is 4.00. The van der Waals surface area contributed by atoms with Crippen molar-refractivity contribution in [3.63, 3.8) is 0 Å². The normalized spacial score (nSPS) is 10.4. The van der Waals surface area contributed by atoms with Crippen LogP contribution in [0.15, 0.2) is 42.5 Å². The molecular weight excluding hydrogens is 386 g/mol. The van der Waals surface area contributed by atoms with Gasteiger partial charge in [-0.3, -0.25) is 20.2 Å². The summed E-state index contributed by atoms with van der Waals surface area (Å²) in [4.78, 5) is 32.8. The van der Waals surface area contributed by atoms with E-state index in [4.69, 9.17) is 9.47 Å². The number of hydrogen-bond acceptors (Lipinski definition) is 9. The smallest absolute Gasteiger partial charge is 0.361 e. The highest BCUT2D eigenvalue weighted by molar-refractivity contribution is 5.94. The highest BCUT2D eigenvalue weighted by Gasteiger charge is 2.25. The number of esters is 1. The molecule has 12 nitrogen and oxygen atoms in total. The molecule has 0 amide bonds. The molecule has 1 N–H and O–H groups in total. The number of aromatic nitrogens is 3. The summed E-state index contributed by atoms with van der Waals surface area (Å²) in [6.07, 6.45) is 0. The monoisotopic (exact) mass is 399 g/mol. The maximum absolute atomic E-state index is 12.1. The van der Waals surface area contributed by atoms with Gasteiger partial charge in [0.2, 0.25) is 5.75 Å². The number of para-hydroxylation sites is 1. The Kier molecular flexibility index (Phi) is 5.44. The van der Waals surface area contributed by atoms with Gasteiger partial charge in [0.25, 0.3) is 5.69 Å². The average molecular weight is 399 g/mol. The van der Waals surface area contributed by atoms with Crippen molar-refractivity contribution >= 4 is 17.3 Å². The summed E-state index contributed by atoms with van der Waals surface area (Å²) in [6, 6.07) is 9.36. The number of carbonyl (C=O) groups excluding carboxylic acids is 1. The first-order chi connectivity index (χ1) is 13.9. The predicted molar refractivity (Wildman–Crippen MR) is 97.6 cm³/mol. The van der Waals surface area contributed by atoms with Crippen molar-refractivity contribution < 1.29 is 24.1 Å². The van der Waals surface area contributed by atoms with Crippen molar-refractivity contribution in [2.45, 2.75) is 6.92 Å². The van der Waals surface area contributed by atoms with Crippen LogP contribution in [-0.2, 0) is 4.74 Å². The molecule has 12 heteroatoms. The molecule has 3 rings (SSSR count). The zero-order valence-electron chi connectivity index (χ0n) is 14.9. The van der Waals surface area contributed by atoms with Crippen molar-refractivity contribution in [3.05, 3.63) is 68.4 Å². The number of carbonyl (C=O) groups is 1. The summed E-state index contributed by atoms with van der Waals surface area (Å²) in [5.74, 6) is -0.787. The van der Waals surface area contributed by atoms with Crippen LogP contribution in [0.5, 0.6) is 11.5 Å². The lowest BCUT2D eigenvalue weighted by molar-refractivity contribution is -0.394. The number of ether oxygens (including phenoxy) is 2. The fourth-order valence-corrected chi connectivity index (χ4v) is 2.48. The fourth-order valence-electron chi connectivity index (χ4n) is 2.48. The SMILES string of the molecule is CCOC(=O)c1n[nH]nc1-c1ccccc1Oc1ccc([N+](=O)[O-])cc1[N+](=O)[O-]. The molecule has 0 aliphatic carbocycles. The number of rotatable bonds is 7. The highest BCUT2D eigenvalue weighted by Crippen LogP contribution is 2.38.